The highest BCUT2D eigenvalue weighted by molar-refractivity contribution is 5.98. The minimum absolute atomic E-state index is 0.0213. The van der Waals surface area contributed by atoms with E-state index in [0.29, 0.717) is 25.6 Å². The lowest BCUT2D eigenvalue weighted by Gasteiger charge is -2.33. The Kier molecular flexibility index (Phi) is 4.04. The van der Waals surface area contributed by atoms with Crippen LogP contribution in [0, 0.1) is 0 Å². The number of ether oxygens (including phenoxy) is 1. The normalized spacial score (nSPS) is 18.6. The number of nitrogens with zero attached hydrogens (tertiary/aromatic N) is 1. The quantitative estimate of drug-likeness (QED) is 0.866. The van der Waals surface area contributed by atoms with Crippen LogP contribution in [-0.2, 0) is 11.3 Å². The zero-order chi connectivity index (χ0) is 16.6. The number of likely N-dealkylation sites (tertiary alicyclic amines) is 1. The van der Waals surface area contributed by atoms with Crippen LogP contribution in [0.25, 0.3) is 0 Å². The van der Waals surface area contributed by atoms with E-state index < -0.39 is 5.60 Å². The Hall–Kier alpha value is -2.04. The van der Waals surface area contributed by atoms with Crippen molar-refractivity contribution in [2.24, 2.45) is 0 Å². The number of nitrogens with one attached hydrogen (secondary N) is 1. The molecule has 2 heterocycles. The van der Waals surface area contributed by atoms with Gasteiger partial charge in [-0.05, 0) is 56.7 Å². The fraction of sp³-hybridized carbons (Fsp3) is 0.556. The van der Waals surface area contributed by atoms with Gasteiger partial charge in [0.25, 0.3) is 5.91 Å². The number of fused-ring (bicyclic) bond motifs is 1. The molecule has 0 aromatic heterocycles. The molecule has 0 bridgehead atoms. The number of hydrogen-bond donors (Lipinski definition) is 1. The molecule has 1 aromatic carbocycles. The lowest BCUT2D eigenvalue weighted by molar-refractivity contribution is 0.0205. The second kappa shape index (κ2) is 5.87. The maximum absolute atomic E-state index is 12.1. The van der Waals surface area contributed by atoms with E-state index in [9.17, 15) is 9.59 Å². The van der Waals surface area contributed by atoms with Crippen molar-refractivity contribution in [1.29, 1.82) is 0 Å². The largest absolute Gasteiger partial charge is 0.444 e. The molecule has 0 unspecified atom stereocenters. The van der Waals surface area contributed by atoms with Crippen molar-refractivity contribution >= 4 is 12.0 Å². The van der Waals surface area contributed by atoms with Gasteiger partial charge in [0, 0.05) is 25.2 Å². The van der Waals surface area contributed by atoms with E-state index >= 15 is 0 Å². The number of piperidine rings is 1. The van der Waals surface area contributed by atoms with E-state index in [4.69, 9.17) is 4.74 Å². The monoisotopic (exact) mass is 316 g/mol. The predicted octanol–water partition coefficient (Wildman–Crippen LogP) is 3.04. The lowest BCUT2D eigenvalue weighted by Crippen LogP contribution is -2.41. The molecule has 1 aromatic rings. The van der Waals surface area contributed by atoms with Gasteiger partial charge in [0.1, 0.15) is 5.60 Å². The maximum atomic E-state index is 12.1. The molecule has 3 rings (SSSR count). The van der Waals surface area contributed by atoms with Crippen molar-refractivity contribution in [2.75, 3.05) is 13.1 Å². The average Bonchev–Trinajstić information content (AvgIpc) is 2.87. The predicted molar refractivity (Wildman–Crippen MR) is 87.4 cm³/mol. The highest BCUT2D eigenvalue weighted by Crippen LogP contribution is 2.31. The van der Waals surface area contributed by atoms with Gasteiger partial charge in [-0.25, -0.2) is 4.79 Å². The Labute approximate surface area is 137 Å². The number of rotatable bonds is 1. The summed E-state index contributed by atoms with van der Waals surface area (Å²) in [6.45, 7) is 7.67. The molecular formula is C18H24N2O3. The number of amides is 2. The Morgan fingerprint density at radius 1 is 1.26 bits per heavy atom. The molecule has 0 saturated carbocycles. The fourth-order valence-electron chi connectivity index (χ4n) is 3.21. The van der Waals surface area contributed by atoms with Crippen LogP contribution in [0.1, 0.15) is 61.0 Å². The molecule has 2 amide bonds. The number of benzene rings is 1. The van der Waals surface area contributed by atoms with E-state index in [0.717, 1.165) is 24.0 Å². The van der Waals surface area contributed by atoms with Gasteiger partial charge in [-0.15, -0.1) is 0 Å². The molecule has 0 spiro atoms. The zero-order valence-electron chi connectivity index (χ0n) is 14.0. The van der Waals surface area contributed by atoms with Crippen LogP contribution in [-0.4, -0.2) is 35.6 Å². The summed E-state index contributed by atoms with van der Waals surface area (Å²) >= 11 is 0. The Bertz CT molecular complexity index is 626. The van der Waals surface area contributed by atoms with Gasteiger partial charge in [-0.2, -0.15) is 0 Å². The summed E-state index contributed by atoms with van der Waals surface area (Å²) < 4.78 is 5.43. The number of carbonyl (C=O) groups excluding carboxylic acids is 2. The van der Waals surface area contributed by atoms with E-state index in [1.807, 2.05) is 32.9 Å². The Morgan fingerprint density at radius 2 is 1.96 bits per heavy atom. The second-order valence-electron chi connectivity index (χ2n) is 7.34. The standard InChI is InChI=1S/C18H24N2O3/c1-18(2,3)23-17(22)20-8-6-12(7-9-20)13-4-5-14-11-19-16(21)15(14)10-13/h4-5,10,12H,6-9,11H2,1-3H3,(H,19,21). The molecule has 5 nitrogen and oxygen atoms in total. The SMILES string of the molecule is CC(C)(C)OC(=O)N1CCC(c2ccc3c(c2)C(=O)NC3)CC1. The van der Waals surface area contributed by atoms with Crippen LogP contribution < -0.4 is 5.32 Å². The Balaban J connectivity index is 1.62. The van der Waals surface area contributed by atoms with Crippen molar-refractivity contribution in [3.05, 3.63) is 34.9 Å². The molecule has 2 aliphatic rings. The third kappa shape index (κ3) is 3.49. The van der Waals surface area contributed by atoms with Crippen molar-refractivity contribution in [3.8, 4) is 0 Å². The fourth-order valence-corrected chi connectivity index (χ4v) is 3.21. The number of carbonyl (C=O) groups is 2. The topological polar surface area (TPSA) is 58.6 Å². The summed E-state index contributed by atoms with van der Waals surface area (Å²) in [5.41, 5.74) is 2.62. The van der Waals surface area contributed by atoms with Gasteiger partial charge in [-0.1, -0.05) is 12.1 Å². The molecule has 2 aliphatic heterocycles. The molecule has 1 saturated heterocycles. The van der Waals surface area contributed by atoms with Crippen LogP contribution in [0.15, 0.2) is 18.2 Å². The van der Waals surface area contributed by atoms with Crippen molar-refractivity contribution in [3.63, 3.8) is 0 Å². The van der Waals surface area contributed by atoms with Gasteiger partial charge in [0.2, 0.25) is 0 Å². The molecule has 1 fully saturated rings. The van der Waals surface area contributed by atoms with Crippen LogP contribution in [0.5, 0.6) is 0 Å². The summed E-state index contributed by atoms with van der Waals surface area (Å²) in [5.74, 6) is 0.417. The van der Waals surface area contributed by atoms with Gasteiger partial charge in [0.15, 0.2) is 0 Å². The zero-order valence-corrected chi connectivity index (χ0v) is 14.0. The summed E-state index contributed by atoms with van der Waals surface area (Å²) in [6.07, 6.45) is 1.57. The smallest absolute Gasteiger partial charge is 0.410 e. The molecule has 5 heteroatoms. The summed E-state index contributed by atoms with van der Waals surface area (Å²) in [6, 6.07) is 6.18. The summed E-state index contributed by atoms with van der Waals surface area (Å²) in [7, 11) is 0. The summed E-state index contributed by atoms with van der Waals surface area (Å²) in [4.78, 5) is 25.7. The molecule has 124 valence electrons. The minimum atomic E-state index is -0.457. The van der Waals surface area contributed by atoms with Crippen molar-refractivity contribution in [1.82, 2.24) is 10.2 Å². The van der Waals surface area contributed by atoms with Gasteiger partial charge >= 0.3 is 6.09 Å². The molecule has 0 radical (unpaired) electrons. The van der Waals surface area contributed by atoms with Crippen molar-refractivity contribution < 1.29 is 14.3 Å². The highest BCUT2D eigenvalue weighted by atomic mass is 16.6. The van der Waals surface area contributed by atoms with Crippen LogP contribution in [0.4, 0.5) is 4.79 Å². The van der Waals surface area contributed by atoms with Crippen LogP contribution in [0.3, 0.4) is 0 Å². The van der Waals surface area contributed by atoms with Gasteiger partial charge in [0.05, 0.1) is 0 Å². The van der Waals surface area contributed by atoms with E-state index in [2.05, 4.69) is 11.4 Å². The first-order valence-corrected chi connectivity index (χ1v) is 8.22. The molecule has 1 N–H and O–H groups in total. The number of hydrogen-bond acceptors (Lipinski definition) is 3. The maximum Gasteiger partial charge on any atom is 0.410 e. The molecule has 0 aliphatic carbocycles. The molecule has 23 heavy (non-hydrogen) atoms. The third-order valence-electron chi connectivity index (χ3n) is 4.44. The second-order valence-corrected chi connectivity index (χ2v) is 7.34. The highest BCUT2D eigenvalue weighted by Gasteiger charge is 2.28. The minimum Gasteiger partial charge on any atom is -0.444 e. The van der Waals surface area contributed by atoms with Gasteiger partial charge < -0.3 is 15.0 Å². The van der Waals surface area contributed by atoms with E-state index in [-0.39, 0.29) is 12.0 Å². The van der Waals surface area contributed by atoms with Crippen molar-refractivity contribution in [2.45, 2.75) is 51.7 Å². The van der Waals surface area contributed by atoms with Crippen LogP contribution >= 0.6 is 0 Å². The average molecular weight is 316 g/mol. The lowest BCUT2D eigenvalue weighted by atomic mass is 9.88. The van der Waals surface area contributed by atoms with Gasteiger partial charge in [-0.3, -0.25) is 4.79 Å². The first-order chi connectivity index (χ1) is 10.8. The summed E-state index contributed by atoms with van der Waals surface area (Å²) in [5, 5.41) is 2.85. The third-order valence-corrected chi connectivity index (χ3v) is 4.44. The first-order valence-electron chi connectivity index (χ1n) is 8.22. The van der Waals surface area contributed by atoms with Crippen LogP contribution in [0.2, 0.25) is 0 Å². The molecular weight excluding hydrogens is 292 g/mol. The Morgan fingerprint density at radius 3 is 2.61 bits per heavy atom. The van der Waals surface area contributed by atoms with E-state index in [1.54, 1.807) is 4.90 Å². The first kappa shape index (κ1) is 15.8. The van der Waals surface area contributed by atoms with E-state index in [1.165, 1.54) is 5.56 Å². The molecule has 0 atom stereocenters.